The van der Waals surface area contributed by atoms with E-state index in [2.05, 4.69) is 4.98 Å². The van der Waals surface area contributed by atoms with Crippen LogP contribution in [0.2, 0.25) is 15.2 Å². The van der Waals surface area contributed by atoms with Gasteiger partial charge in [0.15, 0.2) is 0 Å². The summed E-state index contributed by atoms with van der Waals surface area (Å²) in [5, 5.41) is 1.30. The molecule has 1 heterocycles. The highest BCUT2D eigenvalue weighted by Gasteiger charge is 2.08. The predicted octanol–water partition coefficient (Wildman–Crippen LogP) is 4.00. The van der Waals surface area contributed by atoms with Crippen molar-refractivity contribution in [3.05, 3.63) is 55.9 Å². The topological polar surface area (TPSA) is 32.9 Å². The minimum Gasteiger partial charge on any atom is -0.312 e. The van der Waals surface area contributed by atoms with Crippen molar-refractivity contribution in [2.75, 3.05) is 0 Å². The third-order valence-electron chi connectivity index (χ3n) is 2.09. The number of benzene rings is 1. The molecule has 0 spiro atoms. The van der Waals surface area contributed by atoms with Crippen molar-refractivity contribution in [2.24, 2.45) is 0 Å². The molecule has 0 unspecified atom stereocenters. The molecule has 0 atom stereocenters. The summed E-state index contributed by atoms with van der Waals surface area (Å²) in [6.07, 6.45) is 0. The van der Waals surface area contributed by atoms with E-state index in [1.54, 1.807) is 24.3 Å². The number of aromatic nitrogens is 1. The summed E-state index contributed by atoms with van der Waals surface area (Å²) in [6.45, 7) is 0. The van der Waals surface area contributed by atoms with E-state index in [4.69, 9.17) is 34.8 Å². The molecule has 0 bridgehead atoms. The van der Waals surface area contributed by atoms with Crippen LogP contribution in [-0.2, 0) is 0 Å². The van der Waals surface area contributed by atoms with Gasteiger partial charge in [-0.3, -0.25) is 4.79 Å². The standard InChI is InChI=1S/C11H6Cl3NO/c12-6-1-2-7(9(13)5-6)8-3-4-10(16)15-11(8)14/h1-5H,(H,15,16). The van der Waals surface area contributed by atoms with E-state index >= 15 is 0 Å². The molecular formula is C11H6Cl3NO. The fourth-order valence-electron chi connectivity index (χ4n) is 1.37. The third-order valence-corrected chi connectivity index (χ3v) is 2.94. The maximum atomic E-state index is 11.0. The van der Waals surface area contributed by atoms with E-state index in [-0.39, 0.29) is 10.7 Å². The second-order valence-corrected chi connectivity index (χ2v) is 4.40. The maximum absolute atomic E-state index is 11.0. The minimum atomic E-state index is -0.251. The van der Waals surface area contributed by atoms with Gasteiger partial charge < -0.3 is 4.98 Å². The Morgan fingerprint density at radius 2 is 1.62 bits per heavy atom. The molecule has 0 amide bonds. The second kappa shape index (κ2) is 4.50. The van der Waals surface area contributed by atoms with Gasteiger partial charge in [-0.25, -0.2) is 0 Å². The van der Waals surface area contributed by atoms with Crippen LogP contribution in [-0.4, -0.2) is 4.98 Å². The number of H-pyrrole nitrogens is 1. The highest BCUT2D eigenvalue weighted by atomic mass is 35.5. The highest BCUT2D eigenvalue weighted by molar-refractivity contribution is 6.37. The summed E-state index contributed by atoms with van der Waals surface area (Å²) >= 11 is 17.8. The van der Waals surface area contributed by atoms with Gasteiger partial charge in [0.05, 0.1) is 0 Å². The Morgan fingerprint density at radius 3 is 2.25 bits per heavy atom. The van der Waals surface area contributed by atoms with Crippen LogP contribution in [0.4, 0.5) is 0 Å². The molecule has 2 aromatic rings. The molecule has 1 aromatic heterocycles. The Kier molecular flexibility index (Phi) is 3.24. The minimum absolute atomic E-state index is 0.251. The Labute approximate surface area is 107 Å². The summed E-state index contributed by atoms with van der Waals surface area (Å²) in [7, 11) is 0. The van der Waals surface area contributed by atoms with E-state index in [9.17, 15) is 4.79 Å². The summed E-state index contributed by atoms with van der Waals surface area (Å²) < 4.78 is 0. The number of hydrogen-bond donors (Lipinski definition) is 1. The zero-order valence-corrected chi connectivity index (χ0v) is 10.2. The first-order valence-corrected chi connectivity index (χ1v) is 5.55. The van der Waals surface area contributed by atoms with Gasteiger partial charge in [0.1, 0.15) is 5.15 Å². The molecule has 82 valence electrons. The molecule has 2 nitrogen and oxygen atoms in total. The Bertz CT molecular complexity index is 592. The molecule has 0 saturated heterocycles. The molecule has 0 fully saturated rings. The van der Waals surface area contributed by atoms with Gasteiger partial charge in [0.25, 0.3) is 0 Å². The Balaban J connectivity index is 2.63. The summed E-state index contributed by atoms with van der Waals surface area (Å²) in [6, 6.07) is 8.11. The zero-order chi connectivity index (χ0) is 11.7. The molecule has 0 saturated carbocycles. The maximum Gasteiger partial charge on any atom is 0.249 e. The smallest absolute Gasteiger partial charge is 0.249 e. The first-order valence-electron chi connectivity index (χ1n) is 4.42. The van der Waals surface area contributed by atoms with Gasteiger partial charge in [-0.2, -0.15) is 0 Å². The van der Waals surface area contributed by atoms with Crippen LogP contribution in [0.1, 0.15) is 0 Å². The molecular weight excluding hydrogens is 268 g/mol. The van der Waals surface area contributed by atoms with Crippen molar-refractivity contribution >= 4 is 34.8 Å². The number of hydrogen-bond acceptors (Lipinski definition) is 1. The zero-order valence-electron chi connectivity index (χ0n) is 7.93. The van der Waals surface area contributed by atoms with Gasteiger partial charge >= 0.3 is 0 Å². The molecule has 0 radical (unpaired) electrons. The van der Waals surface area contributed by atoms with Crippen LogP contribution >= 0.6 is 34.8 Å². The molecule has 0 aliphatic heterocycles. The van der Waals surface area contributed by atoms with Crippen molar-refractivity contribution in [3.8, 4) is 11.1 Å². The number of nitrogens with one attached hydrogen (secondary N) is 1. The van der Waals surface area contributed by atoms with E-state index < -0.39 is 0 Å². The van der Waals surface area contributed by atoms with E-state index in [1.807, 2.05) is 0 Å². The van der Waals surface area contributed by atoms with Crippen LogP contribution in [0.15, 0.2) is 35.1 Å². The largest absolute Gasteiger partial charge is 0.312 e. The lowest BCUT2D eigenvalue weighted by Crippen LogP contribution is -2.03. The number of aromatic amines is 1. The van der Waals surface area contributed by atoms with Crippen molar-refractivity contribution in [3.63, 3.8) is 0 Å². The van der Waals surface area contributed by atoms with Crippen molar-refractivity contribution in [1.29, 1.82) is 0 Å². The molecule has 1 aromatic carbocycles. The first-order chi connectivity index (χ1) is 7.58. The van der Waals surface area contributed by atoms with Gasteiger partial charge in [0.2, 0.25) is 5.56 Å². The van der Waals surface area contributed by atoms with Gasteiger partial charge in [-0.05, 0) is 18.2 Å². The van der Waals surface area contributed by atoms with E-state index in [0.717, 1.165) is 5.56 Å². The lowest BCUT2D eigenvalue weighted by molar-refractivity contribution is 1.24. The quantitative estimate of drug-likeness (QED) is 0.783. The fraction of sp³-hybridized carbons (Fsp3) is 0. The first kappa shape index (κ1) is 11.5. The summed E-state index contributed by atoms with van der Waals surface area (Å²) in [5.41, 5.74) is 1.15. The average molecular weight is 275 g/mol. The number of halogens is 3. The Morgan fingerprint density at radius 1 is 0.938 bits per heavy atom. The highest BCUT2D eigenvalue weighted by Crippen LogP contribution is 2.32. The van der Waals surface area contributed by atoms with Crippen LogP contribution < -0.4 is 5.56 Å². The summed E-state index contributed by atoms with van der Waals surface area (Å²) in [5.74, 6) is 0. The number of pyridine rings is 1. The Hall–Kier alpha value is -0.960. The summed E-state index contributed by atoms with van der Waals surface area (Å²) in [4.78, 5) is 13.5. The van der Waals surface area contributed by atoms with E-state index in [0.29, 0.717) is 15.6 Å². The van der Waals surface area contributed by atoms with Gasteiger partial charge in [-0.1, -0.05) is 40.9 Å². The molecule has 1 N–H and O–H groups in total. The molecule has 0 aliphatic rings. The monoisotopic (exact) mass is 273 g/mol. The lowest BCUT2D eigenvalue weighted by atomic mass is 10.1. The van der Waals surface area contributed by atoms with Gasteiger partial charge in [-0.15, -0.1) is 0 Å². The molecule has 2 rings (SSSR count). The van der Waals surface area contributed by atoms with Crippen molar-refractivity contribution in [1.82, 2.24) is 4.98 Å². The van der Waals surface area contributed by atoms with Crippen LogP contribution in [0.25, 0.3) is 11.1 Å². The second-order valence-electron chi connectivity index (χ2n) is 3.17. The normalized spacial score (nSPS) is 10.4. The SMILES string of the molecule is O=c1ccc(-c2ccc(Cl)cc2Cl)c(Cl)[nH]1. The van der Waals surface area contributed by atoms with Crippen LogP contribution in [0.3, 0.4) is 0 Å². The van der Waals surface area contributed by atoms with Gasteiger partial charge in [0, 0.05) is 27.2 Å². The number of rotatable bonds is 1. The molecule has 5 heteroatoms. The predicted molar refractivity (Wildman–Crippen MR) is 67.5 cm³/mol. The molecule has 0 aliphatic carbocycles. The third kappa shape index (κ3) is 2.24. The van der Waals surface area contributed by atoms with Crippen molar-refractivity contribution in [2.45, 2.75) is 0 Å². The lowest BCUT2D eigenvalue weighted by Gasteiger charge is -2.06. The van der Waals surface area contributed by atoms with Crippen LogP contribution in [0.5, 0.6) is 0 Å². The van der Waals surface area contributed by atoms with Crippen LogP contribution in [0, 0.1) is 0 Å². The molecule has 16 heavy (non-hydrogen) atoms. The van der Waals surface area contributed by atoms with E-state index in [1.165, 1.54) is 6.07 Å². The fourth-order valence-corrected chi connectivity index (χ4v) is 2.13. The van der Waals surface area contributed by atoms with Crippen molar-refractivity contribution < 1.29 is 0 Å². The average Bonchev–Trinajstić information content (AvgIpc) is 2.19.